The molecule has 0 radical (unpaired) electrons. The molecule has 1 saturated carbocycles. The van der Waals surface area contributed by atoms with Gasteiger partial charge in [0.1, 0.15) is 0 Å². The molecule has 0 heterocycles. The lowest BCUT2D eigenvalue weighted by atomic mass is 9.91. The van der Waals surface area contributed by atoms with Gasteiger partial charge in [-0.1, -0.05) is 43.3 Å². The second kappa shape index (κ2) is 3.97. The SMILES string of the molecule is C=C(c1ccccc1)[C@H]1CCC[C@H]1O. The van der Waals surface area contributed by atoms with Crippen LogP contribution in [0, 0.1) is 5.92 Å². The number of rotatable bonds is 2. The van der Waals surface area contributed by atoms with Crippen LogP contribution in [0.5, 0.6) is 0 Å². The van der Waals surface area contributed by atoms with Gasteiger partial charge < -0.3 is 5.11 Å². The van der Waals surface area contributed by atoms with Gasteiger partial charge in [-0.15, -0.1) is 0 Å². The summed E-state index contributed by atoms with van der Waals surface area (Å²) in [5.74, 6) is 0.275. The fourth-order valence-electron chi connectivity index (χ4n) is 2.21. The number of hydrogen-bond acceptors (Lipinski definition) is 1. The molecule has 0 bridgehead atoms. The van der Waals surface area contributed by atoms with Crippen molar-refractivity contribution in [1.29, 1.82) is 0 Å². The summed E-state index contributed by atoms with van der Waals surface area (Å²) in [6, 6.07) is 10.2. The Hall–Kier alpha value is -1.08. The summed E-state index contributed by atoms with van der Waals surface area (Å²) in [4.78, 5) is 0. The Labute approximate surface area is 85.1 Å². The molecule has 2 rings (SSSR count). The molecule has 0 spiro atoms. The van der Waals surface area contributed by atoms with Crippen LogP contribution in [0.15, 0.2) is 36.9 Å². The molecule has 1 fully saturated rings. The van der Waals surface area contributed by atoms with Gasteiger partial charge in [-0.25, -0.2) is 0 Å². The Balaban J connectivity index is 2.16. The van der Waals surface area contributed by atoms with Crippen molar-refractivity contribution in [3.05, 3.63) is 42.5 Å². The van der Waals surface area contributed by atoms with Crippen molar-refractivity contribution in [3.8, 4) is 0 Å². The van der Waals surface area contributed by atoms with Crippen LogP contribution in [0.25, 0.3) is 5.57 Å². The third-order valence-corrected chi connectivity index (χ3v) is 3.07. The molecule has 1 aromatic rings. The van der Waals surface area contributed by atoms with Crippen LogP contribution in [-0.2, 0) is 0 Å². The van der Waals surface area contributed by atoms with E-state index in [1.807, 2.05) is 18.2 Å². The topological polar surface area (TPSA) is 20.2 Å². The summed E-state index contributed by atoms with van der Waals surface area (Å²) in [6.07, 6.45) is 2.95. The maximum atomic E-state index is 9.76. The quantitative estimate of drug-likeness (QED) is 0.756. The molecule has 1 aliphatic carbocycles. The molecular weight excluding hydrogens is 172 g/mol. The minimum atomic E-state index is -0.178. The highest BCUT2D eigenvalue weighted by Gasteiger charge is 2.27. The van der Waals surface area contributed by atoms with Crippen molar-refractivity contribution in [3.63, 3.8) is 0 Å². The zero-order chi connectivity index (χ0) is 9.97. The van der Waals surface area contributed by atoms with Gasteiger partial charge in [-0.2, -0.15) is 0 Å². The van der Waals surface area contributed by atoms with Crippen LogP contribution in [0.3, 0.4) is 0 Å². The van der Waals surface area contributed by atoms with E-state index in [-0.39, 0.29) is 12.0 Å². The monoisotopic (exact) mass is 188 g/mol. The highest BCUT2D eigenvalue weighted by Crippen LogP contribution is 2.35. The minimum Gasteiger partial charge on any atom is -0.392 e. The first kappa shape index (κ1) is 9.47. The summed E-state index contributed by atoms with van der Waals surface area (Å²) >= 11 is 0. The maximum absolute atomic E-state index is 9.76. The average molecular weight is 188 g/mol. The van der Waals surface area contributed by atoms with Gasteiger partial charge in [0.15, 0.2) is 0 Å². The van der Waals surface area contributed by atoms with Crippen LogP contribution < -0.4 is 0 Å². The molecule has 14 heavy (non-hydrogen) atoms. The van der Waals surface area contributed by atoms with Crippen molar-refractivity contribution in [1.82, 2.24) is 0 Å². The largest absolute Gasteiger partial charge is 0.392 e. The molecule has 1 N–H and O–H groups in total. The number of aliphatic hydroxyl groups is 1. The summed E-state index contributed by atoms with van der Waals surface area (Å²) in [6.45, 7) is 4.10. The van der Waals surface area contributed by atoms with Gasteiger partial charge in [0.2, 0.25) is 0 Å². The Bertz CT molecular complexity index is 315. The zero-order valence-corrected chi connectivity index (χ0v) is 8.32. The van der Waals surface area contributed by atoms with Gasteiger partial charge >= 0.3 is 0 Å². The van der Waals surface area contributed by atoms with E-state index in [4.69, 9.17) is 0 Å². The van der Waals surface area contributed by atoms with Crippen molar-refractivity contribution >= 4 is 5.57 Å². The van der Waals surface area contributed by atoms with Gasteiger partial charge in [0, 0.05) is 5.92 Å². The summed E-state index contributed by atoms with van der Waals surface area (Å²) in [5, 5.41) is 9.76. The normalized spacial score (nSPS) is 26.4. The van der Waals surface area contributed by atoms with Crippen molar-refractivity contribution in [2.45, 2.75) is 25.4 Å². The Kier molecular flexibility index (Phi) is 2.69. The number of hydrogen-bond donors (Lipinski definition) is 1. The molecule has 0 unspecified atom stereocenters. The van der Waals surface area contributed by atoms with Crippen molar-refractivity contribution < 1.29 is 5.11 Å². The van der Waals surface area contributed by atoms with Gasteiger partial charge in [-0.05, 0) is 24.0 Å². The van der Waals surface area contributed by atoms with Crippen LogP contribution in [-0.4, -0.2) is 11.2 Å². The third kappa shape index (κ3) is 1.73. The van der Waals surface area contributed by atoms with Gasteiger partial charge in [-0.3, -0.25) is 0 Å². The number of benzene rings is 1. The lowest BCUT2D eigenvalue weighted by Crippen LogP contribution is -2.14. The molecule has 1 heteroatoms. The predicted molar refractivity (Wildman–Crippen MR) is 58.8 cm³/mol. The molecule has 1 nitrogen and oxygen atoms in total. The first-order valence-electron chi connectivity index (χ1n) is 5.21. The fourth-order valence-corrected chi connectivity index (χ4v) is 2.21. The maximum Gasteiger partial charge on any atom is 0.0608 e. The van der Waals surface area contributed by atoms with Crippen LogP contribution in [0.4, 0.5) is 0 Å². The molecule has 0 amide bonds. The summed E-state index contributed by atoms with van der Waals surface area (Å²) in [7, 11) is 0. The van der Waals surface area contributed by atoms with Crippen molar-refractivity contribution in [2.24, 2.45) is 5.92 Å². The number of aliphatic hydroxyl groups excluding tert-OH is 1. The Morgan fingerprint density at radius 2 is 1.93 bits per heavy atom. The predicted octanol–water partition coefficient (Wildman–Crippen LogP) is 2.86. The van der Waals surface area contributed by atoms with Crippen LogP contribution in [0.1, 0.15) is 24.8 Å². The first-order chi connectivity index (χ1) is 6.79. The molecule has 1 aromatic carbocycles. The smallest absolute Gasteiger partial charge is 0.0608 e. The lowest BCUT2D eigenvalue weighted by Gasteiger charge is -2.17. The van der Waals surface area contributed by atoms with Crippen molar-refractivity contribution in [2.75, 3.05) is 0 Å². The highest BCUT2D eigenvalue weighted by atomic mass is 16.3. The fraction of sp³-hybridized carbons (Fsp3) is 0.385. The van der Waals surface area contributed by atoms with E-state index in [1.165, 1.54) is 5.56 Å². The lowest BCUT2D eigenvalue weighted by molar-refractivity contribution is 0.157. The summed E-state index contributed by atoms with van der Waals surface area (Å²) < 4.78 is 0. The molecule has 74 valence electrons. The average Bonchev–Trinajstić information content (AvgIpc) is 2.65. The Morgan fingerprint density at radius 3 is 2.50 bits per heavy atom. The van der Waals surface area contributed by atoms with Gasteiger partial charge in [0.25, 0.3) is 0 Å². The van der Waals surface area contributed by atoms with E-state index in [1.54, 1.807) is 0 Å². The minimum absolute atomic E-state index is 0.178. The van der Waals surface area contributed by atoms with E-state index >= 15 is 0 Å². The Morgan fingerprint density at radius 1 is 1.21 bits per heavy atom. The second-order valence-corrected chi connectivity index (χ2v) is 4.00. The first-order valence-corrected chi connectivity index (χ1v) is 5.21. The van der Waals surface area contributed by atoms with E-state index in [0.29, 0.717) is 0 Å². The van der Waals surface area contributed by atoms with E-state index < -0.39 is 0 Å². The highest BCUT2D eigenvalue weighted by molar-refractivity contribution is 5.65. The molecular formula is C13H16O. The van der Waals surface area contributed by atoms with Gasteiger partial charge in [0.05, 0.1) is 6.10 Å². The van der Waals surface area contributed by atoms with Crippen LogP contribution in [0.2, 0.25) is 0 Å². The molecule has 1 aliphatic rings. The van der Waals surface area contributed by atoms with E-state index in [2.05, 4.69) is 18.7 Å². The zero-order valence-electron chi connectivity index (χ0n) is 8.32. The molecule has 0 aromatic heterocycles. The van der Waals surface area contributed by atoms with Crippen LogP contribution >= 0.6 is 0 Å². The molecule has 0 aliphatic heterocycles. The summed E-state index contributed by atoms with van der Waals surface area (Å²) in [5.41, 5.74) is 2.26. The molecule has 0 saturated heterocycles. The third-order valence-electron chi connectivity index (χ3n) is 3.07. The standard InChI is InChI=1S/C13H16O/c1-10(11-6-3-2-4-7-11)12-8-5-9-13(12)14/h2-4,6-7,12-14H,1,5,8-9H2/t12-,13-/m1/s1. The second-order valence-electron chi connectivity index (χ2n) is 4.00. The van der Waals surface area contributed by atoms with E-state index in [0.717, 1.165) is 24.8 Å². The van der Waals surface area contributed by atoms with E-state index in [9.17, 15) is 5.11 Å². The molecule has 2 atom stereocenters.